The first-order chi connectivity index (χ1) is 10.5. The summed E-state index contributed by atoms with van der Waals surface area (Å²) in [5, 5.41) is 20.8. The van der Waals surface area contributed by atoms with Gasteiger partial charge in [0, 0.05) is 5.41 Å². The molecule has 3 fully saturated rings. The minimum Gasteiger partial charge on any atom is -0.389 e. The average Bonchev–Trinajstić information content (AvgIpc) is 2.79. The van der Waals surface area contributed by atoms with Crippen LogP contribution in [0.4, 0.5) is 0 Å². The van der Waals surface area contributed by atoms with Crippen LogP contribution in [0.15, 0.2) is 11.6 Å². The lowest BCUT2D eigenvalue weighted by Crippen LogP contribution is -2.52. The molecule has 7 unspecified atom stereocenters. The summed E-state index contributed by atoms with van der Waals surface area (Å²) in [5.41, 5.74) is 0.550. The number of hydrogen-bond acceptors (Lipinski definition) is 2. The van der Waals surface area contributed by atoms with Gasteiger partial charge in [-0.25, -0.2) is 0 Å². The fraction of sp³-hybridized carbons (Fsp3) is 0.800. The topological polar surface area (TPSA) is 40.5 Å². The molecule has 120 valence electrons. The highest BCUT2D eigenvalue weighted by Gasteiger charge is 2.61. The number of fused-ring (bicyclic) bond motifs is 5. The van der Waals surface area contributed by atoms with Crippen molar-refractivity contribution in [3.8, 4) is 12.3 Å². The zero-order valence-electron chi connectivity index (χ0n) is 13.6. The molecule has 0 aromatic rings. The highest BCUT2D eigenvalue weighted by Crippen LogP contribution is 2.64. The Bertz CT molecular complexity index is 544. The van der Waals surface area contributed by atoms with Crippen LogP contribution >= 0.6 is 0 Å². The first-order valence-electron chi connectivity index (χ1n) is 9.07. The maximum Gasteiger partial charge on any atom is 0.130 e. The van der Waals surface area contributed by atoms with Crippen LogP contribution in [0.1, 0.15) is 58.3 Å². The lowest BCUT2D eigenvalue weighted by atomic mass is 9.50. The van der Waals surface area contributed by atoms with Crippen LogP contribution in [0.5, 0.6) is 0 Å². The molecule has 3 saturated carbocycles. The van der Waals surface area contributed by atoms with Crippen LogP contribution in [0.25, 0.3) is 0 Å². The fourth-order valence-corrected chi connectivity index (χ4v) is 6.57. The monoisotopic (exact) mass is 300 g/mol. The third kappa shape index (κ3) is 1.82. The van der Waals surface area contributed by atoms with E-state index in [1.807, 2.05) is 0 Å². The summed E-state index contributed by atoms with van der Waals surface area (Å²) in [6.45, 7) is 2.25. The smallest absolute Gasteiger partial charge is 0.130 e. The molecule has 4 aliphatic carbocycles. The van der Waals surface area contributed by atoms with E-state index in [4.69, 9.17) is 6.42 Å². The quantitative estimate of drug-likeness (QED) is 0.532. The molecule has 0 aliphatic heterocycles. The molecule has 0 amide bonds. The Kier molecular flexibility index (Phi) is 3.26. The third-order valence-corrected chi connectivity index (χ3v) is 7.82. The van der Waals surface area contributed by atoms with Gasteiger partial charge in [-0.05, 0) is 75.0 Å². The molecule has 2 N–H and O–H groups in total. The molecule has 0 radical (unpaired) electrons. The van der Waals surface area contributed by atoms with E-state index in [1.54, 1.807) is 0 Å². The van der Waals surface area contributed by atoms with Gasteiger partial charge in [-0.2, -0.15) is 0 Å². The SMILES string of the molecule is C#CC1(O)CCC2C3CCC4=CC(O)CCC4C3CCC21C. The lowest BCUT2D eigenvalue weighted by Gasteiger charge is -2.55. The van der Waals surface area contributed by atoms with Gasteiger partial charge >= 0.3 is 0 Å². The summed E-state index contributed by atoms with van der Waals surface area (Å²) >= 11 is 0. The first-order valence-corrected chi connectivity index (χ1v) is 9.07. The Morgan fingerprint density at radius 3 is 2.73 bits per heavy atom. The van der Waals surface area contributed by atoms with Crippen molar-refractivity contribution in [2.24, 2.45) is 29.1 Å². The van der Waals surface area contributed by atoms with Crippen LogP contribution < -0.4 is 0 Å². The standard InChI is InChI=1S/C20H28O2/c1-3-20(22)11-9-18-17-6-4-13-12-14(21)5-7-15(13)16(17)8-10-19(18,20)2/h1,12,14-18,21-22H,4-11H2,2H3. The second-order valence-electron chi connectivity index (χ2n) is 8.47. The fourth-order valence-electron chi connectivity index (χ4n) is 6.57. The number of hydrogen-bond donors (Lipinski definition) is 2. The van der Waals surface area contributed by atoms with E-state index in [0.717, 1.165) is 50.4 Å². The molecule has 2 heteroatoms. The molecule has 0 aromatic heterocycles. The summed E-state index contributed by atoms with van der Waals surface area (Å²) in [6.07, 6.45) is 16.2. The molecule has 0 saturated heterocycles. The maximum absolute atomic E-state index is 10.9. The Morgan fingerprint density at radius 1 is 1.14 bits per heavy atom. The summed E-state index contributed by atoms with van der Waals surface area (Å²) in [4.78, 5) is 0. The Morgan fingerprint density at radius 2 is 1.95 bits per heavy atom. The number of rotatable bonds is 0. The van der Waals surface area contributed by atoms with Crippen molar-refractivity contribution in [2.45, 2.75) is 70.0 Å². The zero-order chi connectivity index (χ0) is 15.5. The molecular weight excluding hydrogens is 272 g/mol. The predicted octanol–water partition coefficient (Wildman–Crippen LogP) is 3.28. The van der Waals surface area contributed by atoms with E-state index < -0.39 is 5.60 Å². The number of aliphatic hydroxyl groups is 2. The molecular formula is C20H28O2. The van der Waals surface area contributed by atoms with E-state index in [9.17, 15) is 10.2 Å². The van der Waals surface area contributed by atoms with Crippen LogP contribution in [0, 0.1) is 41.4 Å². The molecule has 0 aromatic carbocycles. The van der Waals surface area contributed by atoms with Crippen molar-refractivity contribution in [1.82, 2.24) is 0 Å². The number of terminal acetylenes is 1. The predicted molar refractivity (Wildman–Crippen MR) is 86.9 cm³/mol. The molecule has 22 heavy (non-hydrogen) atoms. The molecule has 0 heterocycles. The van der Waals surface area contributed by atoms with Gasteiger partial charge in [0.25, 0.3) is 0 Å². The second-order valence-corrected chi connectivity index (χ2v) is 8.47. The molecule has 7 atom stereocenters. The van der Waals surface area contributed by atoms with E-state index in [2.05, 4.69) is 18.9 Å². The number of allylic oxidation sites excluding steroid dienone is 1. The van der Waals surface area contributed by atoms with Crippen molar-refractivity contribution in [3.63, 3.8) is 0 Å². The molecule has 4 rings (SSSR count). The van der Waals surface area contributed by atoms with Gasteiger partial charge in [-0.1, -0.05) is 24.5 Å². The molecule has 0 spiro atoms. The second kappa shape index (κ2) is 4.86. The molecule has 2 nitrogen and oxygen atoms in total. The van der Waals surface area contributed by atoms with Gasteiger partial charge in [-0.3, -0.25) is 0 Å². The molecule has 4 aliphatic rings. The van der Waals surface area contributed by atoms with E-state index in [0.29, 0.717) is 11.8 Å². The maximum atomic E-state index is 10.9. The summed E-state index contributed by atoms with van der Waals surface area (Å²) < 4.78 is 0. The van der Waals surface area contributed by atoms with Gasteiger partial charge in [0.1, 0.15) is 5.60 Å². The Labute approximate surface area is 134 Å². The number of aliphatic hydroxyl groups excluding tert-OH is 1. The highest BCUT2D eigenvalue weighted by molar-refractivity contribution is 5.25. The van der Waals surface area contributed by atoms with E-state index >= 15 is 0 Å². The van der Waals surface area contributed by atoms with Crippen LogP contribution in [-0.2, 0) is 0 Å². The van der Waals surface area contributed by atoms with Crippen molar-refractivity contribution in [2.75, 3.05) is 0 Å². The van der Waals surface area contributed by atoms with Crippen molar-refractivity contribution < 1.29 is 10.2 Å². The lowest BCUT2D eigenvalue weighted by molar-refractivity contribution is -0.0865. The summed E-state index contributed by atoms with van der Waals surface area (Å²) in [7, 11) is 0. The van der Waals surface area contributed by atoms with Gasteiger partial charge in [0.2, 0.25) is 0 Å². The van der Waals surface area contributed by atoms with Crippen LogP contribution in [-0.4, -0.2) is 21.9 Å². The third-order valence-electron chi connectivity index (χ3n) is 7.82. The van der Waals surface area contributed by atoms with E-state index in [-0.39, 0.29) is 11.5 Å². The Hall–Kier alpha value is -0.780. The summed E-state index contributed by atoms with van der Waals surface area (Å²) in [5.74, 6) is 5.50. The van der Waals surface area contributed by atoms with Crippen molar-refractivity contribution in [3.05, 3.63) is 11.6 Å². The Balaban J connectivity index is 1.64. The minimum absolute atomic E-state index is 0.0850. The van der Waals surface area contributed by atoms with Crippen molar-refractivity contribution in [1.29, 1.82) is 0 Å². The van der Waals surface area contributed by atoms with Gasteiger partial charge in [0.05, 0.1) is 6.10 Å². The van der Waals surface area contributed by atoms with Crippen molar-refractivity contribution >= 4 is 0 Å². The normalized spacial score (nSPS) is 53.7. The van der Waals surface area contributed by atoms with E-state index in [1.165, 1.54) is 18.4 Å². The van der Waals surface area contributed by atoms with Gasteiger partial charge < -0.3 is 10.2 Å². The summed E-state index contributed by atoms with van der Waals surface area (Å²) in [6, 6.07) is 0. The van der Waals surface area contributed by atoms with Crippen LogP contribution in [0.3, 0.4) is 0 Å². The van der Waals surface area contributed by atoms with Gasteiger partial charge in [-0.15, -0.1) is 6.42 Å². The average molecular weight is 300 g/mol. The van der Waals surface area contributed by atoms with Gasteiger partial charge in [0.15, 0.2) is 0 Å². The van der Waals surface area contributed by atoms with Crippen LogP contribution in [0.2, 0.25) is 0 Å². The zero-order valence-corrected chi connectivity index (χ0v) is 13.6. The minimum atomic E-state index is -0.887. The molecule has 0 bridgehead atoms. The highest BCUT2D eigenvalue weighted by atomic mass is 16.3. The largest absolute Gasteiger partial charge is 0.389 e. The first kappa shape index (κ1) is 14.8.